The molecule has 0 spiro atoms. The quantitative estimate of drug-likeness (QED) is 0.458. The summed E-state index contributed by atoms with van der Waals surface area (Å²) in [5, 5.41) is 0.475. The number of benzene rings is 2. The number of hydrogen-bond donors (Lipinski definition) is 1. The molecule has 0 aliphatic carbocycles. The summed E-state index contributed by atoms with van der Waals surface area (Å²) in [6.07, 6.45) is 0.748. The van der Waals surface area contributed by atoms with Crippen LogP contribution in [0.4, 0.5) is 13.2 Å². The van der Waals surface area contributed by atoms with Gasteiger partial charge in [-0.25, -0.2) is 13.2 Å². The van der Waals surface area contributed by atoms with Crippen LogP contribution in [0.15, 0.2) is 36.4 Å². The molecule has 0 saturated carbocycles. The van der Waals surface area contributed by atoms with E-state index in [0.717, 1.165) is 11.6 Å². The fraction of sp³-hybridized carbons (Fsp3) is 0.400. The van der Waals surface area contributed by atoms with Crippen molar-refractivity contribution in [1.82, 2.24) is 9.88 Å². The van der Waals surface area contributed by atoms with E-state index in [1.807, 2.05) is 13.8 Å². The molecule has 0 radical (unpaired) electrons. The highest BCUT2D eigenvalue weighted by atomic mass is 19.1. The number of fused-ring (bicyclic) bond motifs is 1. The molecule has 7 heteroatoms. The highest BCUT2D eigenvalue weighted by Gasteiger charge is 2.21. The lowest BCUT2D eigenvalue weighted by molar-refractivity contribution is -0.141. The monoisotopic (exact) mass is 446 g/mol. The molecule has 1 heterocycles. The van der Waals surface area contributed by atoms with Crippen molar-refractivity contribution >= 4 is 16.8 Å². The lowest BCUT2D eigenvalue weighted by Gasteiger charge is -2.23. The van der Waals surface area contributed by atoms with Crippen molar-refractivity contribution in [3.8, 4) is 11.3 Å². The van der Waals surface area contributed by atoms with Gasteiger partial charge in [-0.2, -0.15) is 0 Å². The lowest BCUT2D eigenvalue weighted by Crippen LogP contribution is -2.37. The topological polar surface area (TPSA) is 45.3 Å². The van der Waals surface area contributed by atoms with E-state index in [-0.39, 0.29) is 23.2 Å². The molecule has 2 atom stereocenters. The maximum atomic E-state index is 14.5. The summed E-state index contributed by atoms with van der Waals surface area (Å²) in [4.78, 5) is 17.1. The van der Waals surface area contributed by atoms with E-state index in [0.29, 0.717) is 42.6 Å². The van der Waals surface area contributed by atoms with E-state index in [1.54, 1.807) is 31.0 Å². The maximum Gasteiger partial charge on any atom is 0.251 e. The Morgan fingerprint density at radius 3 is 2.44 bits per heavy atom. The molecule has 1 aromatic heterocycles. The van der Waals surface area contributed by atoms with Crippen LogP contribution in [-0.2, 0) is 16.0 Å². The molecule has 2 aromatic carbocycles. The number of H-pyrrole nitrogens is 1. The summed E-state index contributed by atoms with van der Waals surface area (Å²) in [5.41, 5.74) is 2.34. The van der Waals surface area contributed by atoms with Crippen LogP contribution < -0.4 is 0 Å². The number of carbonyl (C=O) groups is 1. The molecule has 2 unspecified atom stereocenters. The Morgan fingerprint density at radius 1 is 1.09 bits per heavy atom. The number of ether oxygens (including phenoxy) is 1. The number of carbonyl (C=O) groups excluding carboxylic acids is 1. The fourth-order valence-electron chi connectivity index (χ4n) is 3.96. The summed E-state index contributed by atoms with van der Waals surface area (Å²) in [5.74, 6) is -1.65. The number of nitrogens with one attached hydrogen (secondary N) is 1. The lowest BCUT2D eigenvalue weighted by atomic mass is 9.93. The Labute approximate surface area is 186 Å². The first kappa shape index (κ1) is 23.9. The summed E-state index contributed by atoms with van der Waals surface area (Å²) >= 11 is 0. The molecule has 4 nitrogen and oxygen atoms in total. The van der Waals surface area contributed by atoms with Crippen LogP contribution in [0.1, 0.15) is 32.8 Å². The number of rotatable bonds is 9. The average Bonchev–Trinajstić information content (AvgIpc) is 3.10. The molecular weight excluding hydrogens is 417 g/mol. The van der Waals surface area contributed by atoms with Crippen LogP contribution in [0.25, 0.3) is 22.2 Å². The predicted molar refractivity (Wildman–Crippen MR) is 120 cm³/mol. The van der Waals surface area contributed by atoms with E-state index in [4.69, 9.17) is 4.74 Å². The Kier molecular flexibility index (Phi) is 7.61. The molecule has 32 heavy (non-hydrogen) atoms. The molecule has 3 rings (SSSR count). The number of aromatic amines is 1. The van der Waals surface area contributed by atoms with Gasteiger partial charge in [0, 0.05) is 37.3 Å². The molecule has 0 saturated heterocycles. The third-order valence-electron chi connectivity index (χ3n) is 5.72. The van der Waals surface area contributed by atoms with Gasteiger partial charge in [0.05, 0.1) is 5.52 Å². The van der Waals surface area contributed by atoms with Gasteiger partial charge in [0.25, 0.3) is 5.91 Å². The van der Waals surface area contributed by atoms with Gasteiger partial charge in [-0.1, -0.05) is 6.92 Å². The number of halogens is 3. The number of aromatic nitrogens is 1. The van der Waals surface area contributed by atoms with E-state index < -0.39 is 17.7 Å². The highest BCUT2D eigenvalue weighted by Crippen LogP contribution is 2.34. The second-order valence-corrected chi connectivity index (χ2v) is 8.25. The van der Waals surface area contributed by atoms with Gasteiger partial charge in [-0.3, -0.25) is 4.79 Å². The smallest absolute Gasteiger partial charge is 0.251 e. The Bertz CT molecular complexity index is 1080. The van der Waals surface area contributed by atoms with Gasteiger partial charge >= 0.3 is 0 Å². The van der Waals surface area contributed by atoms with Gasteiger partial charge in [0.15, 0.2) is 0 Å². The molecule has 0 bridgehead atoms. The first-order valence-electron chi connectivity index (χ1n) is 10.8. The Hall–Kier alpha value is -2.80. The van der Waals surface area contributed by atoms with Gasteiger partial charge in [-0.15, -0.1) is 0 Å². The van der Waals surface area contributed by atoms with E-state index in [1.165, 1.54) is 18.2 Å². The molecule has 0 aliphatic heterocycles. The summed E-state index contributed by atoms with van der Waals surface area (Å²) < 4.78 is 47.2. The maximum absolute atomic E-state index is 14.5. The second-order valence-electron chi connectivity index (χ2n) is 8.25. The molecule has 1 N–H and O–H groups in total. The van der Waals surface area contributed by atoms with E-state index >= 15 is 0 Å². The minimum Gasteiger partial charge on any atom is -0.369 e. The predicted octanol–water partition coefficient (Wildman–Crippen LogP) is 5.70. The number of hydrogen-bond acceptors (Lipinski definition) is 2. The Morgan fingerprint density at radius 2 is 1.78 bits per heavy atom. The zero-order valence-corrected chi connectivity index (χ0v) is 18.8. The second kappa shape index (κ2) is 10.2. The molecule has 0 aliphatic rings. The summed E-state index contributed by atoms with van der Waals surface area (Å²) in [6.45, 7) is 6.62. The largest absolute Gasteiger partial charge is 0.369 e. The molecule has 172 valence electrons. The van der Waals surface area contributed by atoms with Crippen molar-refractivity contribution < 1.29 is 22.7 Å². The molecule has 0 fully saturated rings. The summed E-state index contributed by atoms with van der Waals surface area (Å²) in [7, 11) is 1.74. The van der Waals surface area contributed by atoms with Crippen molar-refractivity contribution in [3.63, 3.8) is 0 Å². The van der Waals surface area contributed by atoms with Crippen LogP contribution in [0.3, 0.4) is 0 Å². The number of nitrogens with zero attached hydrogens (tertiary/aromatic N) is 1. The van der Waals surface area contributed by atoms with Crippen LogP contribution in [0.2, 0.25) is 0 Å². The van der Waals surface area contributed by atoms with Crippen LogP contribution in [-0.4, -0.2) is 42.1 Å². The Balaban J connectivity index is 1.84. The summed E-state index contributed by atoms with van der Waals surface area (Å²) in [6, 6.07) is 8.08. The van der Waals surface area contributed by atoms with E-state index in [9.17, 15) is 18.0 Å². The molecular formula is C25H29F3N2O2. The zero-order chi connectivity index (χ0) is 23.4. The fourth-order valence-corrected chi connectivity index (χ4v) is 3.96. The highest BCUT2D eigenvalue weighted by molar-refractivity contribution is 5.91. The average molecular weight is 447 g/mol. The standard InChI is InChI=1S/C25H29F3N2O2/c1-5-32-16(3)25(31)30(4)11-10-15(2)12-20-21-13-19(27)14-22(28)24(21)29-23(20)17-6-8-18(26)9-7-17/h6-9,13-16,29H,5,10-12H2,1-4H3. The van der Waals surface area contributed by atoms with Gasteiger partial charge in [0.1, 0.15) is 23.6 Å². The van der Waals surface area contributed by atoms with Gasteiger partial charge < -0.3 is 14.6 Å². The van der Waals surface area contributed by atoms with Crippen LogP contribution in [0, 0.1) is 23.4 Å². The van der Waals surface area contributed by atoms with Crippen molar-refractivity contribution in [2.45, 2.75) is 39.7 Å². The van der Waals surface area contributed by atoms with Crippen LogP contribution in [0.5, 0.6) is 0 Å². The normalized spacial score (nSPS) is 13.3. The van der Waals surface area contributed by atoms with Gasteiger partial charge in [0.2, 0.25) is 0 Å². The van der Waals surface area contributed by atoms with Crippen LogP contribution >= 0.6 is 0 Å². The van der Waals surface area contributed by atoms with Crippen molar-refractivity contribution in [2.75, 3.05) is 20.2 Å². The minimum absolute atomic E-state index is 0.0812. The van der Waals surface area contributed by atoms with Crippen molar-refractivity contribution in [1.29, 1.82) is 0 Å². The third-order valence-corrected chi connectivity index (χ3v) is 5.72. The minimum atomic E-state index is -0.669. The number of likely N-dealkylation sites (N-methyl/N-ethyl adjacent to an activating group) is 1. The molecule has 1 amide bonds. The SMILES string of the molecule is CCOC(C)C(=O)N(C)CCC(C)Cc1c(-c2ccc(F)cc2)[nH]c2c(F)cc(F)cc12. The van der Waals surface area contributed by atoms with E-state index in [2.05, 4.69) is 4.98 Å². The van der Waals surface area contributed by atoms with Crippen molar-refractivity contribution in [2.24, 2.45) is 5.92 Å². The molecule has 3 aromatic rings. The van der Waals surface area contributed by atoms with Crippen molar-refractivity contribution in [3.05, 3.63) is 59.4 Å². The first-order chi connectivity index (χ1) is 15.2. The number of amides is 1. The third kappa shape index (κ3) is 5.33. The first-order valence-corrected chi connectivity index (χ1v) is 10.8. The van der Waals surface area contributed by atoms with Gasteiger partial charge in [-0.05, 0) is 74.1 Å². The zero-order valence-electron chi connectivity index (χ0n) is 18.8.